The number of carboxylic acid groups (broad SMARTS) is 1. The Kier molecular flexibility index (Phi) is 4.93. The molecule has 3 N–H and O–H groups in total. The topological polar surface area (TPSA) is 66.6 Å². The third-order valence-electron chi connectivity index (χ3n) is 3.01. The van der Waals surface area contributed by atoms with Crippen LogP contribution in [0.4, 0.5) is 0 Å². The predicted octanol–water partition coefficient (Wildman–Crippen LogP) is 0.952. The third-order valence-corrected chi connectivity index (χ3v) is 3.01. The molecule has 1 aromatic carbocycles. The van der Waals surface area contributed by atoms with Crippen LogP contribution in [0.15, 0.2) is 30.3 Å². The zero-order valence-corrected chi connectivity index (χ0v) is 10.3. The average molecular weight is 257 g/mol. The van der Waals surface area contributed by atoms with Gasteiger partial charge in [0.2, 0.25) is 0 Å². The summed E-state index contributed by atoms with van der Waals surface area (Å²) in [5.41, 5.74) is 7.00. The predicted molar refractivity (Wildman–Crippen MR) is 68.1 cm³/mol. The Morgan fingerprint density at radius 1 is 1.35 bits per heavy atom. The maximum absolute atomic E-state index is 10.9. The monoisotopic (exact) mass is 256 g/mol. The standard InChI is InChI=1S/C12H16N2O2.ClH/c13-11-8-14(7-10(11)12(15)16)6-9-4-2-1-3-5-9;/h1-5,10-11H,6-8,13H2,(H,15,16);1H/t10-,11-;/m0./s1. The van der Waals surface area contributed by atoms with E-state index in [1.165, 1.54) is 5.56 Å². The molecule has 0 unspecified atom stereocenters. The summed E-state index contributed by atoms with van der Waals surface area (Å²) in [5.74, 6) is -1.22. The molecule has 2 atom stereocenters. The van der Waals surface area contributed by atoms with Gasteiger partial charge in [-0.1, -0.05) is 30.3 Å². The molecule has 1 aliphatic heterocycles. The van der Waals surface area contributed by atoms with E-state index < -0.39 is 11.9 Å². The fraction of sp³-hybridized carbons (Fsp3) is 0.417. The van der Waals surface area contributed by atoms with Crippen molar-refractivity contribution < 1.29 is 9.90 Å². The highest BCUT2D eigenvalue weighted by atomic mass is 35.5. The molecular weight excluding hydrogens is 240 g/mol. The van der Waals surface area contributed by atoms with Crippen LogP contribution in [0.1, 0.15) is 5.56 Å². The molecule has 0 radical (unpaired) electrons. The summed E-state index contributed by atoms with van der Waals surface area (Å²) >= 11 is 0. The van der Waals surface area contributed by atoms with Crippen molar-refractivity contribution in [2.45, 2.75) is 12.6 Å². The number of rotatable bonds is 3. The Bertz CT molecular complexity index is 372. The van der Waals surface area contributed by atoms with E-state index in [0.717, 1.165) is 6.54 Å². The molecule has 0 saturated carbocycles. The molecule has 4 nitrogen and oxygen atoms in total. The summed E-state index contributed by atoms with van der Waals surface area (Å²) in [7, 11) is 0. The Balaban J connectivity index is 0.00000144. The first-order chi connectivity index (χ1) is 7.66. The van der Waals surface area contributed by atoms with E-state index in [9.17, 15) is 4.79 Å². The highest BCUT2D eigenvalue weighted by Gasteiger charge is 2.34. The summed E-state index contributed by atoms with van der Waals surface area (Å²) < 4.78 is 0. The van der Waals surface area contributed by atoms with Crippen LogP contribution in [0.3, 0.4) is 0 Å². The van der Waals surface area contributed by atoms with Crippen molar-refractivity contribution in [2.24, 2.45) is 11.7 Å². The lowest BCUT2D eigenvalue weighted by atomic mass is 10.1. The first-order valence-electron chi connectivity index (χ1n) is 5.41. The number of benzene rings is 1. The van der Waals surface area contributed by atoms with Gasteiger partial charge in [0.25, 0.3) is 0 Å². The largest absolute Gasteiger partial charge is 0.481 e. The lowest BCUT2D eigenvalue weighted by molar-refractivity contribution is -0.141. The fourth-order valence-electron chi connectivity index (χ4n) is 2.15. The Morgan fingerprint density at radius 2 is 2.00 bits per heavy atom. The second-order valence-electron chi connectivity index (χ2n) is 4.29. The molecule has 17 heavy (non-hydrogen) atoms. The molecular formula is C12H17ClN2O2. The van der Waals surface area contributed by atoms with Gasteiger partial charge in [-0.05, 0) is 5.56 Å². The maximum atomic E-state index is 10.9. The van der Waals surface area contributed by atoms with E-state index in [1.54, 1.807) is 0 Å². The normalized spacial score (nSPS) is 24.3. The van der Waals surface area contributed by atoms with Crippen LogP contribution in [0.5, 0.6) is 0 Å². The number of aliphatic carboxylic acids is 1. The number of likely N-dealkylation sites (tertiary alicyclic amines) is 1. The van der Waals surface area contributed by atoms with Gasteiger partial charge in [-0.25, -0.2) is 0 Å². The molecule has 2 rings (SSSR count). The van der Waals surface area contributed by atoms with Crippen molar-refractivity contribution in [1.82, 2.24) is 4.90 Å². The van der Waals surface area contributed by atoms with Gasteiger partial charge in [-0.15, -0.1) is 12.4 Å². The molecule has 0 aliphatic carbocycles. The van der Waals surface area contributed by atoms with Gasteiger partial charge in [0, 0.05) is 25.7 Å². The van der Waals surface area contributed by atoms with Crippen molar-refractivity contribution in [3.05, 3.63) is 35.9 Å². The molecule has 5 heteroatoms. The van der Waals surface area contributed by atoms with Crippen molar-refractivity contribution in [3.8, 4) is 0 Å². The smallest absolute Gasteiger partial charge is 0.309 e. The molecule has 94 valence electrons. The maximum Gasteiger partial charge on any atom is 0.309 e. The van der Waals surface area contributed by atoms with E-state index in [2.05, 4.69) is 4.90 Å². The molecule has 0 amide bonds. The van der Waals surface area contributed by atoms with Crippen LogP contribution >= 0.6 is 12.4 Å². The Hall–Kier alpha value is -1.10. The summed E-state index contributed by atoms with van der Waals surface area (Å²) in [5, 5.41) is 8.96. The minimum Gasteiger partial charge on any atom is -0.481 e. The molecule has 1 aliphatic rings. The van der Waals surface area contributed by atoms with Crippen molar-refractivity contribution >= 4 is 18.4 Å². The second-order valence-corrected chi connectivity index (χ2v) is 4.29. The van der Waals surface area contributed by atoms with Gasteiger partial charge >= 0.3 is 5.97 Å². The molecule has 1 aromatic rings. The summed E-state index contributed by atoms with van der Waals surface area (Å²) in [6.07, 6.45) is 0. The van der Waals surface area contributed by atoms with E-state index in [0.29, 0.717) is 13.1 Å². The quantitative estimate of drug-likeness (QED) is 0.845. The number of nitrogens with two attached hydrogens (primary N) is 1. The van der Waals surface area contributed by atoms with Crippen LogP contribution in [0.25, 0.3) is 0 Å². The summed E-state index contributed by atoms with van der Waals surface area (Å²) in [6, 6.07) is 9.78. The fourth-order valence-corrected chi connectivity index (χ4v) is 2.15. The highest BCUT2D eigenvalue weighted by molar-refractivity contribution is 5.85. The third kappa shape index (κ3) is 3.43. The second kappa shape index (κ2) is 6.00. The Labute approximate surface area is 107 Å². The number of hydrogen-bond acceptors (Lipinski definition) is 3. The molecule has 1 heterocycles. The van der Waals surface area contributed by atoms with Crippen LogP contribution < -0.4 is 5.73 Å². The molecule has 0 aromatic heterocycles. The van der Waals surface area contributed by atoms with Crippen LogP contribution in [0, 0.1) is 5.92 Å². The van der Waals surface area contributed by atoms with Gasteiger partial charge < -0.3 is 10.8 Å². The van der Waals surface area contributed by atoms with Crippen LogP contribution in [0.2, 0.25) is 0 Å². The van der Waals surface area contributed by atoms with Gasteiger partial charge in [0.05, 0.1) is 5.92 Å². The lowest BCUT2D eigenvalue weighted by Gasteiger charge is -2.14. The van der Waals surface area contributed by atoms with Crippen molar-refractivity contribution in [3.63, 3.8) is 0 Å². The number of nitrogens with zero attached hydrogens (tertiary/aromatic N) is 1. The van der Waals surface area contributed by atoms with Crippen molar-refractivity contribution in [2.75, 3.05) is 13.1 Å². The lowest BCUT2D eigenvalue weighted by Crippen LogP contribution is -2.33. The molecule has 0 bridgehead atoms. The Morgan fingerprint density at radius 3 is 2.53 bits per heavy atom. The van der Waals surface area contributed by atoms with E-state index in [4.69, 9.17) is 10.8 Å². The average Bonchev–Trinajstić information content (AvgIpc) is 2.61. The van der Waals surface area contributed by atoms with Gasteiger partial charge in [-0.3, -0.25) is 9.69 Å². The SMILES string of the molecule is Cl.N[C@H]1CN(Cc2ccccc2)C[C@@H]1C(=O)O. The van der Waals surface area contributed by atoms with E-state index in [-0.39, 0.29) is 18.4 Å². The summed E-state index contributed by atoms with van der Waals surface area (Å²) in [6.45, 7) is 1.98. The first kappa shape index (κ1) is 14.0. The number of carbonyl (C=O) groups is 1. The molecule has 1 fully saturated rings. The van der Waals surface area contributed by atoms with Crippen LogP contribution in [-0.2, 0) is 11.3 Å². The molecule has 1 saturated heterocycles. The zero-order chi connectivity index (χ0) is 11.5. The summed E-state index contributed by atoms with van der Waals surface area (Å²) in [4.78, 5) is 13.0. The van der Waals surface area contributed by atoms with Crippen molar-refractivity contribution in [1.29, 1.82) is 0 Å². The van der Waals surface area contributed by atoms with Crippen LogP contribution in [-0.4, -0.2) is 35.1 Å². The van der Waals surface area contributed by atoms with Gasteiger partial charge in [0.1, 0.15) is 0 Å². The van der Waals surface area contributed by atoms with E-state index >= 15 is 0 Å². The minimum absolute atomic E-state index is 0. The molecule has 0 spiro atoms. The minimum atomic E-state index is -0.789. The first-order valence-corrected chi connectivity index (χ1v) is 5.41. The van der Waals surface area contributed by atoms with Gasteiger partial charge in [0.15, 0.2) is 0 Å². The number of halogens is 1. The number of hydrogen-bond donors (Lipinski definition) is 2. The van der Waals surface area contributed by atoms with E-state index in [1.807, 2.05) is 30.3 Å². The van der Waals surface area contributed by atoms with Gasteiger partial charge in [-0.2, -0.15) is 0 Å². The number of carboxylic acids is 1. The zero-order valence-electron chi connectivity index (χ0n) is 9.45. The highest BCUT2D eigenvalue weighted by Crippen LogP contribution is 2.18.